The molecule has 1 aromatic heterocycles. The van der Waals surface area contributed by atoms with Crippen LogP contribution < -0.4 is 10.5 Å². The van der Waals surface area contributed by atoms with Crippen LogP contribution >= 0.6 is 11.3 Å². The Morgan fingerprint density at radius 3 is 2.61 bits per heavy atom. The Morgan fingerprint density at radius 1 is 1.17 bits per heavy atom. The Bertz CT molecular complexity index is 607. The lowest BCUT2D eigenvalue weighted by Gasteiger charge is -2.08. The van der Waals surface area contributed by atoms with Crippen LogP contribution in [-0.2, 0) is 16.4 Å². The number of thiophene rings is 1. The van der Waals surface area contributed by atoms with Gasteiger partial charge in [0, 0.05) is 11.4 Å². The number of nitrogens with two attached hydrogens (primary N) is 1. The van der Waals surface area contributed by atoms with Gasteiger partial charge in [0.2, 0.25) is 10.0 Å². The van der Waals surface area contributed by atoms with Gasteiger partial charge in [0.15, 0.2) is 0 Å². The summed E-state index contributed by atoms with van der Waals surface area (Å²) >= 11 is 1.61. The molecule has 4 nitrogen and oxygen atoms in total. The molecular formula is C12H14N2O2S2. The first-order chi connectivity index (χ1) is 8.59. The maximum Gasteiger partial charge on any atom is 0.242 e. The summed E-state index contributed by atoms with van der Waals surface area (Å²) in [5, 5.41) is 1.97. The van der Waals surface area contributed by atoms with E-state index in [4.69, 9.17) is 5.73 Å². The summed E-state index contributed by atoms with van der Waals surface area (Å²) in [6.07, 6.45) is 0.684. The molecule has 0 aliphatic rings. The molecule has 96 valence electrons. The summed E-state index contributed by atoms with van der Waals surface area (Å²) < 4.78 is 26.5. The second kappa shape index (κ2) is 5.51. The van der Waals surface area contributed by atoms with Gasteiger partial charge >= 0.3 is 0 Å². The van der Waals surface area contributed by atoms with E-state index in [0.717, 1.165) is 4.88 Å². The smallest absolute Gasteiger partial charge is 0.242 e. The van der Waals surface area contributed by atoms with Crippen molar-refractivity contribution < 1.29 is 8.42 Å². The molecule has 0 bridgehead atoms. The molecule has 2 aromatic rings. The second-order valence-electron chi connectivity index (χ2n) is 3.76. The minimum absolute atomic E-state index is 0.135. The number of anilines is 1. The van der Waals surface area contributed by atoms with E-state index in [0.29, 0.717) is 13.0 Å². The Hall–Kier alpha value is -1.37. The van der Waals surface area contributed by atoms with E-state index in [9.17, 15) is 8.42 Å². The van der Waals surface area contributed by atoms with Gasteiger partial charge in [-0.05, 0) is 30.0 Å². The predicted octanol–water partition coefficient (Wildman–Crippen LogP) is 1.85. The highest BCUT2D eigenvalue weighted by atomic mass is 32.2. The van der Waals surface area contributed by atoms with E-state index in [2.05, 4.69) is 4.72 Å². The molecule has 0 spiro atoms. The molecule has 0 fully saturated rings. The maximum absolute atomic E-state index is 12.0. The summed E-state index contributed by atoms with van der Waals surface area (Å²) in [5.74, 6) is 0. The van der Waals surface area contributed by atoms with Crippen molar-refractivity contribution in [1.29, 1.82) is 0 Å². The number of nitrogens with one attached hydrogen (secondary N) is 1. The van der Waals surface area contributed by atoms with Crippen LogP contribution in [0.4, 0.5) is 5.69 Å². The topological polar surface area (TPSA) is 72.2 Å². The molecule has 0 aliphatic carbocycles. The van der Waals surface area contributed by atoms with Crippen LogP contribution in [0.1, 0.15) is 4.88 Å². The Morgan fingerprint density at radius 2 is 1.94 bits per heavy atom. The quantitative estimate of drug-likeness (QED) is 0.822. The molecule has 2 rings (SSSR count). The molecule has 0 saturated carbocycles. The lowest BCUT2D eigenvalue weighted by atomic mass is 10.3. The molecule has 0 aliphatic heterocycles. The van der Waals surface area contributed by atoms with Crippen molar-refractivity contribution in [2.75, 3.05) is 12.3 Å². The van der Waals surface area contributed by atoms with E-state index in [1.807, 2.05) is 17.5 Å². The van der Waals surface area contributed by atoms with E-state index in [1.165, 1.54) is 6.07 Å². The third-order valence-corrected chi connectivity index (χ3v) is 4.92. The average Bonchev–Trinajstić information content (AvgIpc) is 2.82. The Labute approximate surface area is 111 Å². The third kappa shape index (κ3) is 3.10. The first-order valence-corrected chi connectivity index (χ1v) is 7.82. The fraction of sp³-hybridized carbons (Fsp3) is 0.167. The van der Waals surface area contributed by atoms with Crippen molar-refractivity contribution in [3.05, 3.63) is 46.7 Å². The highest BCUT2D eigenvalue weighted by Crippen LogP contribution is 2.17. The van der Waals surface area contributed by atoms with Gasteiger partial charge in [0.1, 0.15) is 4.90 Å². The molecule has 18 heavy (non-hydrogen) atoms. The van der Waals surface area contributed by atoms with Crippen LogP contribution in [0, 0.1) is 0 Å². The summed E-state index contributed by atoms with van der Waals surface area (Å²) in [6.45, 7) is 0.372. The largest absolute Gasteiger partial charge is 0.398 e. The number of benzene rings is 1. The molecule has 1 aromatic carbocycles. The number of hydrogen-bond donors (Lipinski definition) is 2. The molecule has 3 N–H and O–H groups in total. The fourth-order valence-corrected chi connectivity index (χ4v) is 3.44. The van der Waals surface area contributed by atoms with Gasteiger partial charge in [0.05, 0.1) is 5.69 Å². The van der Waals surface area contributed by atoms with Gasteiger partial charge in [-0.25, -0.2) is 13.1 Å². The number of nitrogen functional groups attached to an aromatic ring is 1. The van der Waals surface area contributed by atoms with Gasteiger partial charge in [0.25, 0.3) is 0 Å². The minimum Gasteiger partial charge on any atom is -0.398 e. The first kappa shape index (κ1) is 13.1. The third-order valence-electron chi connectivity index (χ3n) is 2.45. The summed E-state index contributed by atoms with van der Waals surface area (Å²) in [5.41, 5.74) is 5.92. The van der Waals surface area contributed by atoms with Crippen molar-refractivity contribution in [3.63, 3.8) is 0 Å². The molecule has 0 amide bonds. The minimum atomic E-state index is -3.51. The summed E-state index contributed by atoms with van der Waals surface area (Å²) in [7, 11) is -3.51. The van der Waals surface area contributed by atoms with Crippen molar-refractivity contribution in [3.8, 4) is 0 Å². The number of hydrogen-bond acceptors (Lipinski definition) is 4. The van der Waals surface area contributed by atoms with E-state index in [-0.39, 0.29) is 10.6 Å². The first-order valence-electron chi connectivity index (χ1n) is 5.46. The van der Waals surface area contributed by atoms with E-state index < -0.39 is 10.0 Å². The van der Waals surface area contributed by atoms with Gasteiger partial charge < -0.3 is 5.73 Å². The van der Waals surface area contributed by atoms with Crippen LogP contribution in [0.2, 0.25) is 0 Å². The zero-order valence-electron chi connectivity index (χ0n) is 9.67. The van der Waals surface area contributed by atoms with Crippen molar-refractivity contribution >= 4 is 27.0 Å². The molecule has 0 radical (unpaired) electrons. The van der Waals surface area contributed by atoms with Crippen LogP contribution in [-0.4, -0.2) is 15.0 Å². The molecule has 6 heteroatoms. The molecule has 0 atom stereocenters. The Balaban J connectivity index is 2.02. The maximum atomic E-state index is 12.0. The van der Waals surface area contributed by atoms with Crippen LogP contribution in [0.15, 0.2) is 46.7 Å². The van der Waals surface area contributed by atoms with Crippen LogP contribution in [0.3, 0.4) is 0 Å². The van der Waals surface area contributed by atoms with Crippen LogP contribution in [0.5, 0.6) is 0 Å². The number of rotatable bonds is 5. The predicted molar refractivity (Wildman–Crippen MR) is 74.1 cm³/mol. The molecular weight excluding hydrogens is 268 g/mol. The van der Waals surface area contributed by atoms with Gasteiger partial charge in [-0.15, -0.1) is 11.3 Å². The van der Waals surface area contributed by atoms with Gasteiger partial charge in [-0.1, -0.05) is 18.2 Å². The van der Waals surface area contributed by atoms with E-state index in [1.54, 1.807) is 29.5 Å². The summed E-state index contributed by atoms with van der Waals surface area (Å²) in [6, 6.07) is 10.4. The van der Waals surface area contributed by atoms with Gasteiger partial charge in [-0.3, -0.25) is 0 Å². The highest BCUT2D eigenvalue weighted by Gasteiger charge is 2.15. The lowest BCUT2D eigenvalue weighted by Crippen LogP contribution is -2.26. The zero-order valence-corrected chi connectivity index (χ0v) is 11.3. The lowest BCUT2D eigenvalue weighted by molar-refractivity contribution is 0.582. The molecule has 1 heterocycles. The monoisotopic (exact) mass is 282 g/mol. The molecule has 0 unspecified atom stereocenters. The van der Waals surface area contributed by atoms with Crippen molar-refractivity contribution in [1.82, 2.24) is 4.72 Å². The standard InChI is InChI=1S/C12H14N2O2S2/c13-11-5-1-2-6-12(11)18(15,16)14-8-7-10-4-3-9-17-10/h1-6,9,14H,7-8,13H2. The normalized spacial score (nSPS) is 11.6. The SMILES string of the molecule is Nc1ccccc1S(=O)(=O)NCCc1cccs1. The highest BCUT2D eigenvalue weighted by molar-refractivity contribution is 7.89. The van der Waals surface area contributed by atoms with Crippen LogP contribution in [0.25, 0.3) is 0 Å². The van der Waals surface area contributed by atoms with Crippen molar-refractivity contribution in [2.24, 2.45) is 0 Å². The second-order valence-corrected chi connectivity index (χ2v) is 6.53. The zero-order chi connectivity index (χ0) is 13.0. The number of para-hydroxylation sites is 1. The summed E-state index contributed by atoms with van der Waals surface area (Å²) in [4.78, 5) is 1.29. The number of sulfonamides is 1. The van der Waals surface area contributed by atoms with Crippen molar-refractivity contribution in [2.45, 2.75) is 11.3 Å². The average molecular weight is 282 g/mol. The fourth-order valence-electron chi connectivity index (χ4n) is 1.57. The Kier molecular flexibility index (Phi) is 4.00. The van der Waals surface area contributed by atoms with E-state index >= 15 is 0 Å². The molecule has 0 saturated heterocycles. The van der Waals surface area contributed by atoms with Gasteiger partial charge in [-0.2, -0.15) is 0 Å².